The molecule has 2 saturated carbocycles. The van der Waals surface area contributed by atoms with E-state index in [1.807, 2.05) is 12.2 Å². The van der Waals surface area contributed by atoms with E-state index in [-0.39, 0.29) is 5.91 Å². The van der Waals surface area contributed by atoms with Crippen LogP contribution in [0.2, 0.25) is 0 Å². The average Bonchev–Trinajstić information content (AvgIpc) is 3.38. The van der Waals surface area contributed by atoms with Crippen LogP contribution in [0.5, 0.6) is 0 Å². The zero-order valence-corrected chi connectivity index (χ0v) is 15.1. The summed E-state index contributed by atoms with van der Waals surface area (Å²) in [5.41, 5.74) is 3.84. The zero-order chi connectivity index (χ0) is 16.7. The van der Waals surface area contributed by atoms with E-state index in [1.165, 1.54) is 61.9 Å². The van der Waals surface area contributed by atoms with Crippen molar-refractivity contribution in [3.8, 4) is 0 Å². The van der Waals surface area contributed by atoms with Crippen LogP contribution in [0, 0.1) is 25.7 Å². The Morgan fingerprint density at radius 3 is 2.58 bits per heavy atom. The Balaban J connectivity index is 1.42. The van der Waals surface area contributed by atoms with E-state index >= 15 is 0 Å². The SMILES string of the molecule is Cc1cc(/C=C/C(=O)N2CC[C@H]3CCCC[C@H]3C2)c(C)n1C1CC1. The molecule has 3 nitrogen and oxygen atoms in total. The zero-order valence-electron chi connectivity index (χ0n) is 15.1. The molecule has 2 atom stereocenters. The minimum Gasteiger partial charge on any atom is -0.346 e. The molecule has 3 fully saturated rings. The number of rotatable bonds is 3. The van der Waals surface area contributed by atoms with Crippen LogP contribution in [0.15, 0.2) is 12.1 Å². The second-order valence-electron chi connectivity index (χ2n) is 8.14. The molecule has 1 saturated heterocycles. The number of carbonyl (C=O) groups is 1. The van der Waals surface area contributed by atoms with Crippen molar-refractivity contribution >= 4 is 12.0 Å². The molecule has 0 aromatic carbocycles. The van der Waals surface area contributed by atoms with Crippen molar-refractivity contribution in [3.05, 3.63) is 29.1 Å². The average molecular weight is 326 g/mol. The maximum atomic E-state index is 12.6. The molecule has 2 heterocycles. The van der Waals surface area contributed by atoms with Crippen LogP contribution in [-0.2, 0) is 4.79 Å². The summed E-state index contributed by atoms with van der Waals surface area (Å²) in [5.74, 6) is 1.84. The van der Waals surface area contributed by atoms with E-state index in [0.29, 0.717) is 6.04 Å². The van der Waals surface area contributed by atoms with Crippen LogP contribution >= 0.6 is 0 Å². The van der Waals surface area contributed by atoms with Gasteiger partial charge in [0.2, 0.25) is 5.91 Å². The Kier molecular flexibility index (Phi) is 4.28. The van der Waals surface area contributed by atoms with E-state index in [1.54, 1.807) is 0 Å². The third-order valence-corrected chi connectivity index (χ3v) is 6.44. The number of aromatic nitrogens is 1. The number of aryl methyl sites for hydroxylation is 1. The molecule has 3 aliphatic rings. The number of nitrogens with zero attached hydrogens (tertiary/aromatic N) is 2. The van der Waals surface area contributed by atoms with Crippen LogP contribution in [-0.4, -0.2) is 28.5 Å². The third kappa shape index (κ3) is 3.05. The molecule has 0 N–H and O–H groups in total. The van der Waals surface area contributed by atoms with Crippen LogP contribution in [0.1, 0.15) is 67.9 Å². The molecule has 0 radical (unpaired) electrons. The van der Waals surface area contributed by atoms with Gasteiger partial charge < -0.3 is 9.47 Å². The first-order valence-electron chi connectivity index (χ1n) is 9.79. The smallest absolute Gasteiger partial charge is 0.246 e. The summed E-state index contributed by atoms with van der Waals surface area (Å²) in [5, 5.41) is 0. The second kappa shape index (κ2) is 6.42. The van der Waals surface area contributed by atoms with Gasteiger partial charge in [-0.15, -0.1) is 0 Å². The number of piperidine rings is 1. The summed E-state index contributed by atoms with van der Waals surface area (Å²) in [6, 6.07) is 2.93. The monoisotopic (exact) mass is 326 g/mol. The molecule has 2 aliphatic carbocycles. The second-order valence-corrected chi connectivity index (χ2v) is 8.14. The number of carbonyl (C=O) groups excluding carboxylic acids is 1. The van der Waals surface area contributed by atoms with Crippen molar-refractivity contribution < 1.29 is 4.79 Å². The predicted octanol–water partition coefficient (Wildman–Crippen LogP) is 4.49. The van der Waals surface area contributed by atoms with Gasteiger partial charge in [-0.2, -0.15) is 0 Å². The van der Waals surface area contributed by atoms with Gasteiger partial charge in [-0.1, -0.05) is 19.3 Å². The van der Waals surface area contributed by atoms with Gasteiger partial charge >= 0.3 is 0 Å². The molecule has 0 unspecified atom stereocenters. The van der Waals surface area contributed by atoms with Crippen LogP contribution in [0.25, 0.3) is 6.08 Å². The molecule has 1 aliphatic heterocycles. The Hall–Kier alpha value is -1.51. The van der Waals surface area contributed by atoms with Gasteiger partial charge in [0, 0.05) is 36.6 Å². The van der Waals surface area contributed by atoms with Crippen molar-refractivity contribution in [2.45, 2.75) is 64.8 Å². The largest absolute Gasteiger partial charge is 0.346 e. The van der Waals surface area contributed by atoms with Gasteiger partial charge in [-0.3, -0.25) is 4.79 Å². The maximum Gasteiger partial charge on any atom is 0.246 e. The normalized spacial score (nSPS) is 27.5. The van der Waals surface area contributed by atoms with E-state index in [4.69, 9.17) is 0 Å². The Morgan fingerprint density at radius 2 is 1.83 bits per heavy atom. The van der Waals surface area contributed by atoms with Crippen molar-refractivity contribution in [1.82, 2.24) is 9.47 Å². The number of fused-ring (bicyclic) bond motifs is 1. The fourth-order valence-electron chi connectivity index (χ4n) is 4.93. The summed E-state index contributed by atoms with van der Waals surface area (Å²) in [4.78, 5) is 14.7. The van der Waals surface area contributed by atoms with Crippen LogP contribution < -0.4 is 0 Å². The van der Waals surface area contributed by atoms with Crippen molar-refractivity contribution in [2.24, 2.45) is 11.8 Å². The van der Waals surface area contributed by atoms with Gasteiger partial charge in [0.15, 0.2) is 0 Å². The summed E-state index contributed by atoms with van der Waals surface area (Å²) < 4.78 is 2.44. The summed E-state index contributed by atoms with van der Waals surface area (Å²) in [6.45, 7) is 6.29. The van der Waals surface area contributed by atoms with Crippen LogP contribution in [0.4, 0.5) is 0 Å². The first-order valence-corrected chi connectivity index (χ1v) is 9.79. The molecular weight excluding hydrogens is 296 g/mol. The van der Waals surface area contributed by atoms with Crippen molar-refractivity contribution in [2.75, 3.05) is 13.1 Å². The molecule has 3 heteroatoms. The topological polar surface area (TPSA) is 25.2 Å². The lowest BCUT2D eigenvalue weighted by molar-refractivity contribution is -0.128. The van der Waals surface area contributed by atoms with E-state index < -0.39 is 0 Å². The van der Waals surface area contributed by atoms with Gasteiger partial charge in [-0.05, 0) is 69.1 Å². The standard InChI is InChI=1S/C21H30N2O/c1-15-13-18(16(2)23(15)20-8-9-20)7-10-21(24)22-12-11-17-5-3-4-6-19(17)14-22/h7,10,13,17,19-20H,3-6,8-9,11-12,14H2,1-2H3/b10-7+/t17-,19+/m1/s1. The molecule has 1 amide bonds. The molecule has 0 spiro atoms. The summed E-state index contributed by atoms with van der Waals surface area (Å²) >= 11 is 0. The first-order chi connectivity index (χ1) is 11.6. The fraction of sp³-hybridized carbons (Fsp3) is 0.667. The van der Waals surface area contributed by atoms with Gasteiger partial charge in [0.05, 0.1) is 0 Å². The number of hydrogen-bond acceptors (Lipinski definition) is 1. The van der Waals surface area contributed by atoms with Gasteiger partial charge in [-0.25, -0.2) is 0 Å². The lowest BCUT2D eigenvalue weighted by atomic mass is 9.75. The molecule has 24 heavy (non-hydrogen) atoms. The minimum absolute atomic E-state index is 0.204. The van der Waals surface area contributed by atoms with Crippen molar-refractivity contribution in [3.63, 3.8) is 0 Å². The number of likely N-dealkylation sites (tertiary alicyclic amines) is 1. The lowest BCUT2D eigenvalue weighted by Crippen LogP contribution is -2.44. The maximum absolute atomic E-state index is 12.6. The van der Waals surface area contributed by atoms with Crippen LogP contribution in [0.3, 0.4) is 0 Å². The third-order valence-electron chi connectivity index (χ3n) is 6.44. The molecular formula is C21H30N2O. The molecule has 130 valence electrons. The molecule has 4 rings (SSSR count). The highest BCUT2D eigenvalue weighted by Crippen LogP contribution is 2.39. The minimum atomic E-state index is 0.204. The van der Waals surface area contributed by atoms with Gasteiger partial charge in [0.1, 0.15) is 0 Å². The van der Waals surface area contributed by atoms with E-state index in [2.05, 4.69) is 29.4 Å². The number of amides is 1. The van der Waals surface area contributed by atoms with Gasteiger partial charge in [0.25, 0.3) is 0 Å². The summed E-state index contributed by atoms with van der Waals surface area (Å²) in [7, 11) is 0. The highest BCUT2D eigenvalue weighted by atomic mass is 16.2. The van der Waals surface area contributed by atoms with E-state index in [9.17, 15) is 4.79 Å². The Morgan fingerprint density at radius 1 is 1.08 bits per heavy atom. The predicted molar refractivity (Wildman–Crippen MR) is 97.9 cm³/mol. The quantitative estimate of drug-likeness (QED) is 0.751. The van der Waals surface area contributed by atoms with Crippen molar-refractivity contribution in [1.29, 1.82) is 0 Å². The molecule has 1 aromatic rings. The summed E-state index contributed by atoms with van der Waals surface area (Å²) in [6.07, 6.45) is 13.1. The van der Waals surface area contributed by atoms with E-state index in [0.717, 1.165) is 24.9 Å². The fourth-order valence-corrected chi connectivity index (χ4v) is 4.93. The Bertz CT molecular complexity index is 653. The molecule has 1 aromatic heterocycles. The Labute approximate surface area is 145 Å². The highest BCUT2D eigenvalue weighted by Gasteiger charge is 2.32. The molecule has 0 bridgehead atoms. The first kappa shape index (κ1) is 16.0. The lowest BCUT2D eigenvalue weighted by Gasteiger charge is -2.41. The number of hydrogen-bond donors (Lipinski definition) is 0. The highest BCUT2D eigenvalue weighted by molar-refractivity contribution is 5.92.